The molecule has 0 heterocycles. The van der Waals surface area contributed by atoms with Gasteiger partial charge in [0.05, 0.1) is 14.6 Å². The molecule has 27 heavy (non-hydrogen) atoms. The van der Waals surface area contributed by atoms with E-state index in [2.05, 4.69) is 62.8 Å². The average Bonchev–Trinajstić information content (AvgIpc) is 2.62. The summed E-state index contributed by atoms with van der Waals surface area (Å²) in [4.78, 5) is 4.54. The molecule has 5 heteroatoms. The highest BCUT2D eigenvalue weighted by Gasteiger charge is 2.09. The molecular weight excluding hydrogens is 473 g/mol. The normalized spacial score (nSPS) is 11.1. The van der Waals surface area contributed by atoms with Crippen LogP contribution in [0.25, 0.3) is 0 Å². The van der Waals surface area contributed by atoms with Gasteiger partial charge in [-0.2, -0.15) is 0 Å². The number of hydrogen-bond acceptors (Lipinski definition) is 2. The van der Waals surface area contributed by atoms with Crippen molar-refractivity contribution in [3.05, 3.63) is 91.6 Å². The quantitative estimate of drug-likeness (QED) is 0.344. The van der Waals surface area contributed by atoms with E-state index in [1.165, 1.54) is 23.3 Å². The lowest BCUT2D eigenvalue weighted by atomic mass is 10.1. The van der Waals surface area contributed by atoms with Gasteiger partial charge in [-0.05, 0) is 104 Å². The molecule has 0 atom stereocenters. The minimum absolute atomic E-state index is 0.271. The van der Waals surface area contributed by atoms with Crippen LogP contribution >= 0.6 is 31.9 Å². The molecule has 0 radical (unpaired) electrons. The molecule has 0 spiro atoms. The Labute approximate surface area is 175 Å². The molecule has 3 aromatic carbocycles. The first-order valence-electron chi connectivity index (χ1n) is 8.40. The Bertz CT molecular complexity index is 978. The predicted octanol–water partition coefficient (Wildman–Crippen LogP) is 7.30. The Hall–Kier alpha value is -1.98. The smallest absolute Gasteiger partial charge is 0.148 e. The molecule has 0 aromatic heterocycles. The zero-order valence-electron chi connectivity index (χ0n) is 15.0. The molecule has 0 bridgehead atoms. The summed E-state index contributed by atoms with van der Waals surface area (Å²) in [6, 6.07) is 16.4. The zero-order valence-corrected chi connectivity index (χ0v) is 18.1. The molecule has 0 N–H and O–H groups in total. The predicted molar refractivity (Wildman–Crippen MR) is 116 cm³/mol. The van der Waals surface area contributed by atoms with E-state index in [0.29, 0.717) is 5.75 Å². The Balaban J connectivity index is 1.75. The van der Waals surface area contributed by atoms with E-state index in [-0.39, 0.29) is 12.4 Å². The summed E-state index contributed by atoms with van der Waals surface area (Å²) in [5.41, 5.74) is 5.09. The molecule has 0 aliphatic carbocycles. The summed E-state index contributed by atoms with van der Waals surface area (Å²) in [6.07, 6.45) is 1.82. The van der Waals surface area contributed by atoms with Gasteiger partial charge in [-0.1, -0.05) is 18.2 Å². The van der Waals surface area contributed by atoms with Gasteiger partial charge in [-0.15, -0.1) is 0 Å². The monoisotopic (exact) mass is 489 g/mol. The van der Waals surface area contributed by atoms with Gasteiger partial charge in [-0.25, -0.2) is 4.39 Å². The number of rotatable bonds is 5. The van der Waals surface area contributed by atoms with Crippen LogP contribution in [0.1, 0.15) is 22.3 Å². The maximum atomic E-state index is 13.3. The van der Waals surface area contributed by atoms with Gasteiger partial charge in [0.15, 0.2) is 0 Å². The van der Waals surface area contributed by atoms with Crippen molar-refractivity contribution < 1.29 is 9.13 Å². The number of hydrogen-bond donors (Lipinski definition) is 0. The highest BCUT2D eigenvalue weighted by Crippen LogP contribution is 2.35. The number of ether oxygens (including phenoxy) is 1. The fourth-order valence-electron chi connectivity index (χ4n) is 2.53. The second kappa shape index (κ2) is 8.81. The van der Waals surface area contributed by atoms with Crippen LogP contribution in [-0.2, 0) is 6.61 Å². The van der Waals surface area contributed by atoms with Crippen molar-refractivity contribution in [3.63, 3.8) is 0 Å². The maximum Gasteiger partial charge on any atom is 0.148 e. The van der Waals surface area contributed by atoms with E-state index in [4.69, 9.17) is 4.74 Å². The van der Waals surface area contributed by atoms with Crippen LogP contribution < -0.4 is 4.74 Å². The van der Waals surface area contributed by atoms with Crippen molar-refractivity contribution in [2.24, 2.45) is 4.99 Å². The Morgan fingerprint density at radius 1 is 0.963 bits per heavy atom. The van der Waals surface area contributed by atoms with E-state index < -0.39 is 0 Å². The van der Waals surface area contributed by atoms with Crippen LogP contribution in [0.5, 0.6) is 5.75 Å². The Morgan fingerprint density at radius 3 is 2.37 bits per heavy atom. The summed E-state index contributed by atoms with van der Waals surface area (Å²) in [5.74, 6) is 0.398. The highest BCUT2D eigenvalue weighted by molar-refractivity contribution is 9.11. The maximum absolute atomic E-state index is 13.3. The van der Waals surface area contributed by atoms with Gasteiger partial charge in [0.1, 0.15) is 18.2 Å². The van der Waals surface area contributed by atoms with E-state index >= 15 is 0 Å². The van der Waals surface area contributed by atoms with Gasteiger partial charge < -0.3 is 4.74 Å². The summed E-state index contributed by atoms with van der Waals surface area (Å²) < 4.78 is 20.7. The fourth-order valence-corrected chi connectivity index (χ4v) is 3.98. The van der Waals surface area contributed by atoms with Crippen molar-refractivity contribution in [3.8, 4) is 5.75 Å². The third-order valence-electron chi connectivity index (χ3n) is 4.15. The number of benzene rings is 3. The van der Waals surface area contributed by atoms with E-state index in [1.807, 2.05) is 30.5 Å². The second-order valence-corrected chi connectivity index (χ2v) is 7.97. The molecule has 0 fully saturated rings. The summed E-state index contributed by atoms with van der Waals surface area (Å²) >= 11 is 7.09. The van der Waals surface area contributed by atoms with Crippen LogP contribution in [0.4, 0.5) is 10.1 Å². The molecule has 138 valence electrons. The molecule has 3 aromatic rings. The molecule has 2 nitrogen and oxygen atoms in total. The Morgan fingerprint density at radius 2 is 1.70 bits per heavy atom. The van der Waals surface area contributed by atoms with E-state index in [1.54, 1.807) is 6.07 Å². The van der Waals surface area contributed by atoms with Gasteiger partial charge in [0, 0.05) is 6.21 Å². The van der Waals surface area contributed by atoms with Crippen LogP contribution in [-0.4, -0.2) is 6.21 Å². The molecule has 0 saturated heterocycles. The van der Waals surface area contributed by atoms with E-state index in [9.17, 15) is 4.39 Å². The van der Waals surface area contributed by atoms with Gasteiger partial charge >= 0.3 is 0 Å². The molecule has 3 rings (SSSR count). The van der Waals surface area contributed by atoms with Crippen molar-refractivity contribution in [2.45, 2.75) is 20.5 Å². The van der Waals surface area contributed by atoms with Crippen molar-refractivity contribution in [2.75, 3.05) is 0 Å². The van der Waals surface area contributed by atoms with E-state index in [0.717, 1.165) is 25.8 Å². The minimum atomic E-state index is -0.271. The lowest BCUT2D eigenvalue weighted by Crippen LogP contribution is -1.98. The molecule has 0 unspecified atom stereocenters. The second-order valence-electron chi connectivity index (χ2n) is 6.26. The first kappa shape index (κ1) is 19.8. The third kappa shape index (κ3) is 5.27. The SMILES string of the molecule is Cc1ccc(N=Cc2cc(Br)c(OCc3cccc(F)c3)c(Br)c2)cc1C. The summed E-state index contributed by atoms with van der Waals surface area (Å²) in [7, 11) is 0. The fraction of sp³-hybridized carbons (Fsp3) is 0.136. The van der Waals surface area contributed by atoms with Crippen molar-refractivity contribution in [1.82, 2.24) is 0 Å². The van der Waals surface area contributed by atoms with Crippen LogP contribution in [0.2, 0.25) is 0 Å². The largest absolute Gasteiger partial charge is 0.487 e. The molecular formula is C22H18Br2FNO. The van der Waals surface area contributed by atoms with Gasteiger partial charge in [-0.3, -0.25) is 4.99 Å². The molecule has 0 saturated carbocycles. The first-order chi connectivity index (χ1) is 12.9. The summed E-state index contributed by atoms with van der Waals surface area (Å²) in [5, 5.41) is 0. The Kier molecular flexibility index (Phi) is 6.45. The lowest BCUT2D eigenvalue weighted by Gasteiger charge is -2.11. The van der Waals surface area contributed by atoms with Crippen molar-refractivity contribution in [1.29, 1.82) is 0 Å². The number of aryl methyl sites for hydroxylation is 2. The third-order valence-corrected chi connectivity index (χ3v) is 5.32. The minimum Gasteiger partial charge on any atom is -0.487 e. The summed E-state index contributed by atoms with van der Waals surface area (Å²) in [6.45, 7) is 4.44. The number of aliphatic imine (C=N–C) groups is 1. The van der Waals surface area contributed by atoms with Gasteiger partial charge in [0.2, 0.25) is 0 Å². The van der Waals surface area contributed by atoms with Crippen molar-refractivity contribution >= 4 is 43.8 Å². The molecule has 0 aliphatic rings. The zero-order chi connectivity index (χ0) is 19.4. The lowest BCUT2D eigenvalue weighted by molar-refractivity contribution is 0.301. The standard InChI is InChI=1S/C22H18Br2FNO/c1-14-6-7-19(8-15(14)2)26-12-17-10-20(23)22(21(24)11-17)27-13-16-4-3-5-18(25)9-16/h3-12H,13H2,1-2H3. The van der Waals surface area contributed by atoms with Crippen LogP contribution in [0.3, 0.4) is 0 Å². The number of nitrogens with zero attached hydrogens (tertiary/aromatic N) is 1. The van der Waals surface area contributed by atoms with Crippen LogP contribution in [0.15, 0.2) is 68.5 Å². The first-order valence-corrected chi connectivity index (χ1v) is 9.98. The van der Waals surface area contributed by atoms with Gasteiger partial charge in [0.25, 0.3) is 0 Å². The average molecular weight is 491 g/mol. The highest BCUT2D eigenvalue weighted by atomic mass is 79.9. The van der Waals surface area contributed by atoms with Crippen LogP contribution in [0, 0.1) is 19.7 Å². The number of halogens is 3. The topological polar surface area (TPSA) is 21.6 Å². The molecule has 0 amide bonds. The molecule has 0 aliphatic heterocycles.